The number of thiophene rings is 1. The second-order valence-electron chi connectivity index (χ2n) is 5.10. The van der Waals surface area contributed by atoms with Crippen LogP contribution in [0.3, 0.4) is 0 Å². The summed E-state index contributed by atoms with van der Waals surface area (Å²) in [6, 6.07) is 10.9. The molecule has 2 atom stereocenters. The van der Waals surface area contributed by atoms with E-state index in [0.717, 1.165) is 29.1 Å². The average molecular weight is 431 g/mol. The van der Waals surface area contributed by atoms with Gasteiger partial charge in [-0.05, 0) is 68.1 Å². The van der Waals surface area contributed by atoms with Crippen molar-refractivity contribution in [1.29, 1.82) is 0 Å². The number of para-hydroxylation sites is 1. The van der Waals surface area contributed by atoms with Crippen LogP contribution in [0.5, 0.6) is 5.75 Å². The van der Waals surface area contributed by atoms with Gasteiger partial charge < -0.3 is 10.1 Å². The van der Waals surface area contributed by atoms with Crippen LogP contribution < -0.4 is 10.1 Å². The van der Waals surface area contributed by atoms with Crippen molar-refractivity contribution in [2.24, 2.45) is 0 Å². The van der Waals surface area contributed by atoms with Crippen LogP contribution in [0.15, 0.2) is 37.9 Å². The minimum atomic E-state index is 0.303. The number of hydrogen-bond acceptors (Lipinski definition) is 3. The van der Waals surface area contributed by atoms with Crippen LogP contribution in [0.25, 0.3) is 0 Å². The molecule has 2 aromatic rings. The fourth-order valence-electron chi connectivity index (χ4n) is 2.97. The minimum Gasteiger partial charge on any atom is -0.493 e. The van der Waals surface area contributed by atoms with Gasteiger partial charge in [0.05, 0.1) is 14.2 Å². The summed E-state index contributed by atoms with van der Waals surface area (Å²) in [6.45, 7) is 3.89. The molecular formula is C16H17Br2NOS. The number of nitrogens with one attached hydrogen (secondary N) is 1. The number of benzene rings is 1. The molecule has 0 amide bonds. The maximum atomic E-state index is 5.81. The molecule has 1 aromatic heterocycles. The Morgan fingerprint density at radius 2 is 2.19 bits per heavy atom. The molecule has 0 saturated heterocycles. The summed E-state index contributed by atoms with van der Waals surface area (Å²) in [5, 5.41) is 3.66. The van der Waals surface area contributed by atoms with Gasteiger partial charge in [0.25, 0.3) is 0 Å². The zero-order valence-corrected chi connectivity index (χ0v) is 15.7. The summed E-state index contributed by atoms with van der Waals surface area (Å²) < 4.78 is 8.17. The van der Waals surface area contributed by atoms with E-state index < -0.39 is 0 Å². The van der Waals surface area contributed by atoms with Crippen LogP contribution in [-0.4, -0.2) is 13.2 Å². The van der Waals surface area contributed by atoms with Crippen molar-refractivity contribution in [3.8, 4) is 5.75 Å². The molecule has 1 aliphatic rings. The topological polar surface area (TPSA) is 21.3 Å². The van der Waals surface area contributed by atoms with Crippen molar-refractivity contribution in [2.45, 2.75) is 25.3 Å². The summed E-state index contributed by atoms with van der Waals surface area (Å²) in [7, 11) is 0. The van der Waals surface area contributed by atoms with Crippen molar-refractivity contribution >= 4 is 43.2 Å². The van der Waals surface area contributed by atoms with Crippen LogP contribution in [-0.2, 0) is 0 Å². The highest BCUT2D eigenvalue weighted by molar-refractivity contribution is 9.12. The summed E-state index contributed by atoms with van der Waals surface area (Å²) in [5.41, 5.74) is 2.64. The van der Waals surface area contributed by atoms with Gasteiger partial charge in [-0.25, -0.2) is 0 Å². The first-order valence-corrected chi connectivity index (χ1v) is 9.50. The van der Waals surface area contributed by atoms with Crippen LogP contribution in [0.2, 0.25) is 0 Å². The number of likely N-dealkylation sites (N-methyl/N-ethyl adjacent to an activating group) is 1. The van der Waals surface area contributed by atoms with Gasteiger partial charge in [0.15, 0.2) is 0 Å². The number of ether oxygens (including phenoxy) is 1. The third kappa shape index (κ3) is 3.21. The lowest BCUT2D eigenvalue weighted by Crippen LogP contribution is -2.30. The standard InChI is InChI=1S/C16H17Br2NOS/c1-2-19-15(12-9-14(17)21-16(12)18)11-7-8-20-13-6-4-3-5-10(11)13/h3-6,9,11,15,19H,2,7-8H2,1H3. The predicted molar refractivity (Wildman–Crippen MR) is 95.4 cm³/mol. The highest BCUT2D eigenvalue weighted by atomic mass is 79.9. The largest absolute Gasteiger partial charge is 0.493 e. The average Bonchev–Trinajstić information content (AvgIpc) is 2.83. The molecule has 0 bridgehead atoms. The molecule has 0 aliphatic carbocycles. The fraction of sp³-hybridized carbons (Fsp3) is 0.375. The summed E-state index contributed by atoms with van der Waals surface area (Å²) in [5.74, 6) is 1.47. The van der Waals surface area contributed by atoms with Crippen molar-refractivity contribution in [2.75, 3.05) is 13.2 Å². The highest BCUT2D eigenvalue weighted by Gasteiger charge is 2.31. The zero-order chi connectivity index (χ0) is 14.8. The third-order valence-electron chi connectivity index (χ3n) is 3.85. The molecule has 5 heteroatoms. The quantitative estimate of drug-likeness (QED) is 0.692. The maximum absolute atomic E-state index is 5.81. The summed E-state index contributed by atoms with van der Waals surface area (Å²) in [6.07, 6.45) is 1.04. The van der Waals surface area contributed by atoms with Gasteiger partial charge in [-0.2, -0.15) is 0 Å². The number of halogens is 2. The lowest BCUT2D eigenvalue weighted by molar-refractivity contribution is 0.246. The first kappa shape index (κ1) is 15.5. The van der Waals surface area contributed by atoms with Crippen LogP contribution in [0.1, 0.15) is 36.4 Å². The van der Waals surface area contributed by atoms with E-state index in [4.69, 9.17) is 4.74 Å². The molecule has 2 nitrogen and oxygen atoms in total. The Labute approximate surface area is 146 Å². The van der Waals surface area contributed by atoms with E-state index in [1.54, 1.807) is 11.3 Å². The second-order valence-corrected chi connectivity index (χ2v) is 8.85. The Morgan fingerprint density at radius 3 is 2.90 bits per heavy atom. The summed E-state index contributed by atoms with van der Waals surface area (Å²) in [4.78, 5) is 0. The number of fused-ring (bicyclic) bond motifs is 1. The molecule has 1 N–H and O–H groups in total. The predicted octanol–water partition coefficient (Wildman–Crippen LogP) is 5.49. The molecule has 112 valence electrons. The molecule has 3 rings (SSSR count). The van der Waals surface area contributed by atoms with Crippen molar-refractivity contribution < 1.29 is 4.74 Å². The molecular weight excluding hydrogens is 414 g/mol. The molecule has 0 saturated carbocycles. The zero-order valence-electron chi connectivity index (χ0n) is 11.7. The van der Waals surface area contributed by atoms with Crippen molar-refractivity contribution in [3.05, 3.63) is 49.0 Å². The van der Waals surface area contributed by atoms with Gasteiger partial charge in [0, 0.05) is 12.0 Å². The molecule has 0 radical (unpaired) electrons. The highest BCUT2D eigenvalue weighted by Crippen LogP contribution is 2.45. The normalized spacial score (nSPS) is 18.9. The van der Waals surface area contributed by atoms with E-state index in [1.807, 2.05) is 6.07 Å². The Hall–Kier alpha value is -0.360. The van der Waals surface area contributed by atoms with Gasteiger partial charge >= 0.3 is 0 Å². The molecule has 0 fully saturated rings. The van der Waals surface area contributed by atoms with Crippen molar-refractivity contribution in [3.63, 3.8) is 0 Å². The van der Waals surface area contributed by atoms with Gasteiger partial charge in [-0.3, -0.25) is 0 Å². The Balaban J connectivity index is 2.01. The number of hydrogen-bond donors (Lipinski definition) is 1. The molecule has 1 aliphatic heterocycles. The Kier molecular flexibility index (Phi) is 5.04. The van der Waals surface area contributed by atoms with E-state index in [2.05, 4.69) is 68.4 Å². The Bertz CT molecular complexity index is 628. The lowest BCUT2D eigenvalue weighted by atomic mass is 9.84. The van der Waals surface area contributed by atoms with E-state index in [0.29, 0.717) is 12.0 Å². The maximum Gasteiger partial charge on any atom is 0.122 e. The van der Waals surface area contributed by atoms with Crippen LogP contribution in [0.4, 0.5) is 0 Å². The van der Waals surface area contributed by atoms with Crippen LogP contribution >= 0.6 is 43.2 Å². The van der Waals surface area contributed by atoms with Gasteiger partial charge in [-0.15, -0.1) is 11.3 Å². The molecule has 0 spiro atoms. The number of rotatable bonds is 4. The first-order chi connectivity index (χ1) is 10.2. The minimum absolute atomic E-state index is 0.303. The molecule has 21 heavy (non-hydrogen) atoms. The van der Waals surface area contributed by atoms with E-state index in [9.17, 15) is 0 Å². The van der Waals surface area contributed by atoms with Gasteiger partial charge in [0.2, 0.25) is 0 Å². The van der Waals surface area contributed by atoms with E-state index in [-0.39, 0.29) is 0 Å². The van der Waals surface area contributed by atoms with E-state index >= 15 is 0 Å². The first-order valence-electron chi connectivity index (χ1n) is 7.10. The molecule has 1 aromatic carbocycles. The van der Waals surface area contributed by atoms with Crippen LogP contribution in [0, 0.1) is 0 Å². The lowest BCUT2D eigenvalue weighted by Gasteiger charge is -2.33. The summed E-state index contributed by atoms with van der Waals surface area (Å²) >= 11 is 9.04. The smallest absolute Gasteiger partial charge is 0.122 e. The molecule has 2 unspecified atom stereocenters. The van der Waals surface area contributed by atoms with Gasteiger partial charge in [-0.1, -0.05) is 25.1 Å². The van der Waals surface area contributed by atoms with Crippen molar-refractivity contribution in [1.82, 2.24) is 5.32 Å². The molecule has 2 heterocycles. The SMILES string of the molecule is CCNC(c1cc(Br)sc1Br)C1CCOc2ccccc21. The monoisotopic (exact) mass is 429 g/mol. The second kappa shape index (κ2) is 6.82. The van der Waals surface area contributed by atoms with Gasteiger partial charge in [0.1, 0.15) is 5.75 Å². The Morgan fingerprint density at radius 1 is 1.38 bits per heavy atom. The third-order valence-corrected chi connectivity index (χ3v) is 6.24. The fourth-order valence-corrected chi connectivity index (χ4v) is 5.90. The van der Waals surface area contributed by atoms with E-state index in [1.165, 1.54) is 14.9 Å².